The SMILES string of the molecule is C=CCOc1cc2ccccc2[nH]1. The summed E-state index contributed by atoms with van der Waals surface area (Å²) in [7, 11) is 0. The van der Waals surface area contributed by atoms with Gasteiger partial charge in [-0.2, -0.15) is 0 Å². The maximum absolute atomic E-state index is 5.37. The Bertz CT molecular complexity index is 384. The van der Waals surface area contributed by atoms with Crippen molar-refractivity contribution in [2.45, 2.75) is 0 Å². The Morgan fingerprint density at radius 1 is 1.38 bits per heavy atom. The Hall–Kier alpha value is -1.70. The molecule has 1 heterocycles. The minimum atomic E-state index is 0.535. The predicted octanol–water partition coefficient (Wildman–Crippen LogP) is 2.73. The van der Waals surface area contributed by atoms with Crippen molar-refractivity contribution in [3.63, 3.8) is 0 Å². The van der Waals surface area contributed by atoms with Gasteiger partial charge in [-0.1, -0.05) is 30.9 Å². The number of rotatable bonds is 3. The second kappa shape index (κ2) is 3.35. The van der Waals surface area contributed by atoms with Crippen molar-refractivity contribution in [1.29, 1.82) is 0 Å². The Kier molecular flexibility index (Phi) is 2.04. The smallest absolute Gasteiger partial charge is 0.192 e. The molecule has 0 aliphatic carbocycles. The van der Waals surface area contributed by atoms with Crippen molar-refractivity contribution < 1.29 is 4.74 Å². The number of aromatic nitrogens is 1. The number of H-pyrrole nitrogens is 1. The molecule has 0 bridgehead atoms. The van der Waals surface area contributed by atoms with E-state index >= 15 is 0 Å². The van der Waals surface area contributed by atoms with Gasteiger partial charge in [-0.05, 0) is 6.07 Å². The molecule has 2 nitrogen and oxygen atoms in total. The van der Waals surface area contributed by atoms with Crippen LogP contribution < -0.4 is 4.74 Å². The number of benzene rings is 1. The average molecular weight is 173 g/mol. The molecule has 0 fully saturated rings. The maximum Gasteiger partial charge on any atom is 0.192 e. The van der Waals surface area contributed by atoms with Gasteiger partial charge in [0.15, 0.2) is 5.88 Å². The molecule has 2 rings (SSSR count). The molecule has 0 aliphatic heterocycles. The molecule has 0 saturated carbocycles. The second-order valence-electron chi connectivity index (χ2n) is 2.82. The van der Waals surface area contributed by atoms with Gasteiger partial charge in [-0.3, -0.25) is 0 Å². The van der Waals surface area contributed by atoms with Gasteiger partial charge in [-0.25, -0.2) is 0 Å². The summed E-state index contributed by atoms with van der Waals surface area (Å²) in [6.45, 7) is 4.13. The third-order valence-corrected chi connectivity index (χ3v) is 1.86. The molecule has 0 saturated heterocycles. The number of hydrogen-bond donors (Lipinski definition) is 1. The van der Waals surface area contributed by atoms with Gasteiger partial charge in [0, 0.05) is 17.0 Å². The lowest BCUT2D eigenvalue weighted by atomic mass is 10.3. The first-order chi connectivity index (χ1) is 6.40. The summed E-state index contributed by atoms with van der Waals surface area (Å²) in [5.41, 5.74) is 1.10. The number of para-hydroxylation sites is 1. The first kappa shape index (κ1) is 7.92. The summed E-state index contributed by atoms with van der Waals surface area (Å²) in [5.74, 6) is 0.793. The van der Waals surface area contributed by atoms with Gasteiger partial charge in [-0.15, -0.1) is 0 Å². The molecule has 2 heteroatoms. The summed E-state index contributed by atoms with van der Waals surface area (Å²) >= 11 is 0. The van der Waals surface area contributed by atoms with Crippen LogP contribution >= 0.6 is 0 Å². The summed E-state index contributed by atoms with van der Waals surface area (Å²) in [5, 5.41) is 1.17. The predicted molar refractivity (Wildman–Crippen MR) is 54.0 cm³/mol. The van der Waals surface area contributed by atoms with Crippen LogP contribution in [0.15, 0.2) is 43.0 Å². The van der Waals surface area contributed by atoms with E-state index in [0.29, 0.717) is 6.61 Å². The van der Waals surface area contributed by atoms with Crippen LogP contribution in [0.3, 0.4) is 0 Å². The van der Waals surface area contributed by atoms with Crippen molar-refractivity contribution in [2.24, 2.45) is 0 Å². The number of aromatic amines is 1. The van der Waals surface area contributed by atoms with Crippen LogP contribution in [0, 0.1) is 0 Å². The van der Waals surface area contributed by atoms with Gasteiger partial charge in [0.05, 0.1) is 0 Å². The Morgan fingerprint density at radius 3 is 3.00 bits per heavy atom. The molecule has 0 amide bonds. The zero-order valence-electron chi connectivity index (χ0n) is 7.29. The van der Waals surface area contributed by atoms with E-state index in [9.17, 15) is 0 Å². The van der Waals surface area contributed by atoms with E-state index in [4.69, 9.17) is 4.74 Å². The molecule has 2 aromatic rings. The first-order valence-corrected chi connectivity index (χ1v) is 4.21. The highest BCUT2D eigenvalue weighted by Crippen LogP contribution is 2.19. The number of fused-ring (bicyclic) bond motifs is 1. The highest BCUT2D eigenvalue weighted by Gasteiger charge is 1.98. The van der Waals surface area contributed by atoms with E-state index in [0.717, 1.165) is 11.4 Å². The quantitative estimate of drug-likeness (QED) is 0.709. The van der Waals surface area contributed by atoms with Gasteiger partial charge in [0.1, 0.15) is 6.61 Å². The molecule has 13 heavy (non-hydrogen) atoms. The Balaban J connectivity index is 2.32. The fraction of sp³-hybridized carbons (Fsp3) is 0.0909. The van der Waals surface area contributed by atoms with Crippen molar-refractivity contribution in [2.75, 3.05) is 6.61 Å². The van der Waals surface area contributed by atoms with Crippen molar-refractivity contribution in [1.82, 2.24) is 4.98 Å². The van der Waals surface area contributed by atoms with Crippen LogP contribution in [0.1, 0.15) is 0 Å². The highest BCUT2D eigenvalue weighted by molar-refractivity contribution is 5.81. The van der Waals surface area contributed by atoms with E-state index in [1.165, 1.54) is 5.39 Å². The van der Waals surface area contributed by atoms with Gasteiger partial charge >= 0.3 is 0 Å². The molecule has 0 spiro atoms. The molecule has 0 aliphatic rings. The van der Waals surface area contributed by atoms with E-state index in [1.54, 1.807) is 6.08 Å². The Morgan fingerprint density at radius 2 is 2.23 bits per heavy atom. The largest absolute Gasteiger partial charge is 0.475 e. The van der Waals surface area contributed by atoms with Crippen LogP contribution in [0.5, 0.6) is 5.88 Å². The summed E-state index contributed by atoms with van der Waals surface area (Å²) in [6, 6.07) is 10.1. The molecule has 1 aromatic heterocycles. The molecule has 0 atom stereocenters. The van der Waals surface area contributed by atoms with Crippen LogP contribution in [-0.2, 0) is 0 Å². The van der Waals surface area contributed by atoms with E-state index in [2.05, 4.69) is 11.6 Å². The van der Waals surface area contributed by atoms with Crippen molar-refractivity contribution in [3.05, 3.63) is 43.0 Å². The normalized spacial score (nSPS) is 10.2. The molecule has 0 radical (unpaired) electrons. The van der Waals surface area contributed by atoms with Gasteiger partial charge < -0.3 is 9.72 Å². The second-order valence-corrected chi connectivity index (χ2v) is 2.82. The average Bonchev–Trinajstić information content (AvgIpc) is 2.57. The molecule has 1 N–H and O–H groups in total. The molecule has 1 aromatic carbocycles. The summed E-state index contributed by atoms with van der Waals surface area (Å²) in [4.78, 5) is 3.16. The fourth-order valence-electron chi connectivity index (χ4n) is 1.27. The standard InChI is InChI=1S/C11H11NO/c1-2-7-13-11-8-9-5-3-4-6-10(9)12-11/h2-6,8,12H,1,7H2. The lowest BCUT2D eigenvalue weighted by Crippen LogP contribution is -1.91. The zero-order chi connectivity index (χ0) is 9.10. The highest BCUT2D eigenvalue weighted by atomic mass is 16.5. The maximum atomic E-state index is 5.37. The van der Waals surface area contributed by atoms with Crippen LogP contribution in [0.25, 0.3) is 10.9 Å². The third kappa shape index (κ3) is 1.56. The van der Waals surface area contributed by atoms with E-state index < -0.39 is 0 Å². The minimum absolute atomic E-state index is 0.535. The minimum Gasteiger partial charge on any atom is -0.475 e. The van der Waals surface area contributed by atoms with Crippen LogP contribution in [0.2, 0.25) is 0 Å². The van der Waals surface area contributed by atoms with Gasteiger partial charge in [0.2, 0.25) is 0 Å². The first-order valence-electron chi connectivity index (χ1n) is 4.21. The molecule has 0 unspecified atom stereocenters. The number of nitrogens with one attached hydrogen (secondary N) is 1. The lowest BCUT2D eigenvalue weighted by Gasteiger charge is -1.96. The summed E-state index contributed by atoms with van der Waals surface area (Å²) in [6.07, 6.45) is 1.73. The molecular formula is C11H11NO. The summed E-state index contributed by atoms with van der Waals surface area (Å²) < 4.78 is 5.37. The van der Waals surface area contributed by atoms with Crippen LogP contribution in [-0.4, -0.2) is 11.6 Å². The van der Waals surface area contributed by atoms with Gasteiger partial charge in [0.25, 0.3) is 0 Å². The van der Waals surface area contributed by atoms with Crippen molar-refractivity contribution in [3.8, 4) is 5.88 Å². The van der Waals surface area contributed by atoms with E-state index in [-0.39, 0.29) is 0 Å². The van der Waals surface area contributed by atoms with Crippen molar-refractivity contribution >= 4 is 10.9 Å². The van der Waals surface area contributed by atoms with Crippen LogP contribution in [0.4, 0.5) is 0 Å². The third-order valence-electron chi connectivity index (χ3n) is 1.86. The monoisotopic (exact) mass is 173 g/mol. The lowest BCUT2D eigenvalue weighted by molar-refractivity contribution is 0.352. The molecule has 66 valence electrons. The zero-order valence-corrected chi connectivity index (χ0v) is 7.29. The molecular weight excluding hydrogens is 162 g/mol. The number of ether oxygens (including phenoxy) is 1. The Labute approximate surface area is 76.8 Å². The number of hydrogen-bond acceptors (Lipinski definition) is 1. The topological polar surface area (TPSA) is 25.0 Å². The fourth-order valence-corrected chi connectivity index (χ4v) is 1.27. The van der Waals surface area contributed by atoms with E-state index in [1.807, 2.05) is 30.3 Å².